The second-order valence-electron chi connectivity index (χ2n) is 7.75. The van der Waals surface area contributed by atoms with Crippen LogP contribution in [0.15, 0.2) is 23.6 Å². The molecular formula is C20H22FN3O4. The van der Waals surface area contributed by atoms with Crippen molar-refractivity contribution in [2.75, 3.05) is 25.1 Å². The Labute approximate surface area is 160 Å². The Bertz CT molecular complexity index is 1060. The number of ether oxygens (including phenoxy) is 1. The van der Waals surface area contributed by atoms with Gasteiger partial charge in [0.15, 0.2) is 11.6 Å². The number of hydrogen-bond acceptors (Lipinski definition) is 5. The minimum atomic E-state index is -1.39. The largest absolute Gasteiger partial charge is 0.492 e. The highest BCUT2D eigenvalue weighted by atomic mass is 19.1. The third-order valence-corrected chi connectivity index (χ3v) is 5.78. The minimum Gasteiger partial charge on any atom is -0.492 e. The maximum absolute atomic E-state index is 15.2. The number of piperidine rings is 1. The molecule has 4 rings (SSSR count). The fraction of sp³-hybridized carbons (Fsp3) is 0.400. The average molecular weight is 387 g/mol. The van der Waals surface area contributed by atoms with Crippen molar-refractivity contribution in [3.8, 4) is 5.75 Å². The number of methoxy groups -OCH3 is 1. The maximum atomic E-state index is 15.2. The molecule has 1 aromatic carbocycles. The number of aromatic carboxylic acids is 1. The van der Waals surface area contributed by atoms with Crippen molar-refractivity contribution in [1.29, 1.82) is 0 Å². The lowest BCUT2D eigenvalue weighted by atomic mass is 9.91. The molecule has 1 spiro atoms. The molecule has 0 radical (unpaired) electrons. The fourth-order valence-corrected chi connectivity index (χ4v) is 4.37. The van der Waals surface area contributed by atoms with E-state index in [-0.39, 0.29) is 33.8 Å². The van der Waals surface area contributed by atoms with Gasteiger partial charge < -0.3 is 25.0 Å². The monoisotopic (exact) mass is 387 g/mol. The normalized spacial score (nSPS) is 20.4. The molecule has 7 nitrogen and oxygen atoms in total. The van der Waals surface area contributed by atoms with Gasteiger partial charge in [0.25, 0.3) is 0 Å². The topological polar surface area (TPSA) is 97.8 Å². The molecule has 1 aromatic heterocycles. The van der Waals surface area contributed by atoms with Crippen LogP contribution < -0.4 is 20.8 Å². The molecular weight excluding hydrogens is 365 g/mol. The first-order valence-corrected chi connectivity index (χ1v) is 9.12. The third kappa shape index (κ3) is 2.75. The molecule has 2 aliphatic rings. The van der Waals surface area contributed by atoms with Gasteiger partial charge in [0.05, 0.1) is 12.5 Å². The molecule has 8 heteroatoms. The summed E-state index contributed by atoms with van der Waals surface area (Å²) in [4.78, 5) is 25.9. The molecule has 1 aliphatic carbocycles. The van der Waals surface area contributed by atoms with E-state index in [1.54, 1.807) is 0 Å². The first-order chi connectivity index (χ1) is 13.3. The van der Waals surface area contributed by atoms with Gasteiger partial charge >= 0.3 is 5.97 Å². The molecule has 1 aliphatic heterocycles. The number of carbonyl (C=O) groups is 1. The Kier molecular flexibility index (Phi) is 4.19. The Morgan fingerprint density at radius 2 is 2.21 bits per heavy atom. The van der Waals surface area contributed by atoms with Crippen molar-refractivity contribution in [3.63, 3.8) is 0 Å². The molecule has 2 heterocycles. The van der Waals surface area contributed by atoms with E-state index in [9.17, 15) is 14.7 Å². The molecule has 0 amide bonds. The number of carboxylic acid groups (broad SMARTS) is 1. The summed E-state index contributed by atoms with van der Waals surface area (Å²) in [5.74, 6) is -1.85. The quantitative estimate of drug-likeness (QED) is 0.835. The number of hydrogen-bond donors (Lipinski definition) is 2. The number of halogens is 1. The lowest BCUT2D eigenvalue weighted by Gasteiger charge is -2.39. The molecule has 2 aromatic rings. The SMILES string of the molecule is C=Cn1cc(C(=O)O)c(=O)c2cc(F)c(N3CC(N)CC4(CC4)C3)c(OC)c21. The molecule has 2 fully saturated rings. The van der Waals surface area contributed by atoms with E-state index in [0.717, 1.165) is 25.3 Å². The second kappa shape index (κ2) is 6.34. The van der Waals surface area contributed by atoms with Gasteiger partial charge in [0, 0.05) is 31.5 Å². The zero-order valence-corrected chi connectivity index (χ0v) is 15.6. The van der Waals surface area contributed by atoms with Gasteiger partial charge in [0.2, 0.25) is 5.43 Å². The Morgan fingerprint density at radius 3 is 2.79 bits per heavy atom. The molecule has 1 saturated carbocycles. The highest BCUT2D eigenvalue weighted by Gasteiger charge is 2.48. The first kappa shape index (κ1) is 18.5. The van der Waals surface area contributed by atoms with Crippen LogP contribution in [0.2, 0.25) is 0 Å². The summed E-state index contributed by atoms with van der Waals surface area (Å²) in [5, 5.41) is 9.23. The zero-order valence-electron chi connectivity index (χ0n) is 15.6. The lowest BCUT2D eigenvalue weighted by molar-refractivity contribution is 0.0695. The van der Waals surface area contributed by atoms with Crippen LogP contribution in [0.3, 0.4) is 0 Å². The molecule has 1 saturated heterocycles. The smallest absolute Gasteiger partial charge is 0.341 e. The van der Waals surface area contributed by atoms with Crippen LogP contribution in [-0.4, -0.2) is 41.9 Å². The van der Waals surface area contributed by atoms with Gasteiger partial charge in [-0.15, -0.1) is 0 Å². The van der Waals surface area contributed by atoms with Crippen molar-refractivity contribution >= 4 is 28.8 Å². The number of nitrogens with zero attached hydrogens (tertiary/aromatic N) is 2. The number of aromatic nitrogens is 1. The van der Waals surface area contributed by atoms with Gasteiger partial charge in [-0.1, -0.05) is 6.58 Å². The number of rotatable bonds is 4. The minimum absolute atomic E-state index is 0.0691. The molecule has 1 atom stereocenters. The van der Waals surface area contributed by atoms with E-state index < -0.39 is 22.8 Å². The van der Waals surface area contributed by atoms with Crippen LogP contribution >= 0.6 is 0 Å². The lowest BCUT2D eigenvalue weighted by Crippen LogP contribution is -2.48. The predicted molar refractivity (Wildman–Crippen MR) is 105 cm³/mol. The van der Waals surface area contributed by atoms with E-state index in [1.807, 2.05) is 4.90 Å². The number of nitrogens with two attached hydrogens (primary N) is 1. The number of pyridine rings is 1. The standard InChI is InChI=1S/C20H22FN3O4/c1-3-23-9-13(19(26)27)17(25)12-6-14(21)16(18(28-2)15(12)23)24-8-11(22)7-20(10-24)4-5-20/h3,6,9,11H,1,4-5,7-8,10,22H2,2H3,(H,26,27). The van der Waals surface area contributed by atoms with E-state index in [2.05, 4.69) is 6.58 Å². The van der Waals surface area contributed by atoms with Crippen LogP contribution in [0.4, 0.5) is 10.1 Å². The summed E-state index contributed by atoms with van der Waals surface area (Å²) in [6.45, 7) is 4.83. The van der Waals surface area contributed by atoms with E-state index in [0.29, 0.717) is 13.1 Å². The first-order valence-electron chi connectivity index (χ1n) is 9.12. The van der Waals surface area contributed by atoms with Gasteiger partial charge in [-0.3, -0.25) is 4.79 Å². The summed E-state index contributed by atoms with van der Waals surface area (Å²) in [5.41, 5.74) is 5.65. The summed E-state index contributed by atoms with van der Waals surface area (Å²) in [6.07, 6.45) is 5.58. The summed E-state index contributed by atoms with van der Waals surface area (Å²) >= 11 is 0. The fourth-order valence-electron chi connectivity index (χ4n) is 4.37. The zero-order chi connectivity index (χ0) is 20.2. The van der Waals surface area contributed by atoms with Crippen LogP contribution in [0, 0.1) is 11.2 Å². The molecule has 1 unspecified atom stereocenters. The van der Waals surface area contributed by atoms with Gasteiger partial charge in [0.1, 0.15) is 16.8 Å². The Balaban J connectivity index is 1.99. The number of carboxylic acids is 1. The predicted octanol–water partition coefficient (Wildman–Crippen LogP) is 2.27. The Morgan fingerprint density at radius 1 is 1.50 bits per heavy atom. The van der Waals surface area contributed by atoms with E-state index in [1.165, 1.54) is 24.1 Å². The van der Waals surface area contributed by atoms with Gasteiger partial charge in [-0.25, -0.2) is 9.18 Å². The van der Waals surface area contributed by atoms with Gasteiger partial charge in [-0.05, 0) is 30.7 Å². The van der Waals surface area contributed by atoms with Crippen LogP contribution in [-0.2, 0) is 0 Å². The number of fused-ring (bicyclic) bond motifs is 1. The van der Waals surface area contributed by atoms with E-state index in [4.69, 9.17) is 10.5 Å². The molecule has 3 N–H and O–H groups in total. The third-order valence-electron chi connectivity index (χ3n) is 5.78. The summed E-state index contributed by atoms with van der Waals surface area (Å²) in [7, 11) is 1.40. The van der Waals surface area contributed by atoms with Crippen LogP contribution in [0.5, 0.6) is 5.75 Å². The number of benzene rings is 1. The number of anilines is 1. The van der Waals surface area contributed by atoms with Crippen molar-refractivity contribution in [2.45, 2.75) is 25.3 Å². The summed E-state index contributed by atoms with van der Waals surface area (Å²) in [6, 6.07) is 1.01. The molecule has 28 heavy (non-hydrogen) atoms. The summed E-state index contributed by atoms with van der Waals surface area (Å²) < 4.78 is 22.1. The molecule has 148 valence electrons. The second-order valence-corrected chi connectivity index (χ2v) is 7.75. The maximum Gasteiger partial charge on any atom is 0.341 e. The van der Waals surface area contributed by atoms with Gasteiger partial charge in [-0.2, -0.15) is 0 Å². The highest BCUT2D eigenvalue weighted by Crippen LogP contribution is 2.53. The van der Waals surface area contributed by atoms with Crippen LogP contribution in [0.25, 0.3) is 17.1 Å². The highest BCUT2D eigenvalue weighted by molar-refractivity contribution is 5.97. The van der Waals surface area contributed by atoms with Crippen molar-refractivity contribution in [3.05, 3.63) is 40.4 Å². The Hall–Kier alpha value is -2.87. The average Bonchev–Trinajstić information content (AvgIpc) is 3.38. The van der Waals surface area contributed by atoms with Crippen LogP contribution in [0.1, 0.15) is 29.6 Å². The van der Waals surface area contributed by atoms with Crippen molar-refractivity contribution in [2.24, 2.45) is 11.1 Å². The van der Waals surface area contributed by atoms with Crippen molar-refractivity contribution in [1.82, 2.24) is 4.57 Å². The molecule has 0 bridgehead atoms. The van der Waals surface area contributed by atoms with Crippen molar-refractivity contribution < 1.29 is 19.0 Å². The van der Waals surface area contributed by atoms with E-state index >= 15 is 4.39 Å².